The van der Waals surface area contributed by atoms with E-state index in [9.17, 15) is 0 Å². The number of hydrogen-bond donors (Lipinski definition) is 1. The van der Waals surface area contributed by atoms with Gasteiger partial charge >= 0.3 is 0 Å². The van der Waals surface area contributed by atoms with Gasteiger partial charge in [-0.15, -0.1) is 11.8 Å². The summed E-state index contributed by atoms with van der Waals surface area (Å²) in [4.78, 5) is 1.38. The minimum absolute atomic E-state index is 1.10. The van der Waals surface area contributed by atoms with E-state index in [4.69, 9.17) is 0 Å². The number of benzene rings is 1. The highest BCUT2D eigenvalue weighted by Crippen LogP contribution is 2.31. The SMILES string of the molecule is CSc1cccc2c1NCC2. The molecule has 1 nitrogen and oxygen atoms in total. The van der Waals surface area contributed by atoms with Gasteiger partial charge in [-0.1, -0.05) is 12.1 Å². The Morgan fingerprint density at radius 1 is 1.45 bits per heavy atom. The van der Waals surface area contributed by atoms with Crippen LogP contribution in [-0.2, 0) is 6.42 Å². The number of hydrogen-bond acceptors (Lipinski definition) is 2. The Hall–Kier alpha value is -0.630. The molecule has 1 aliphatic rings. The lowest BCUT2D eigenvalue weighted by molar-refractivity contribution is 1.11. The Bertz CT molecular complexity index is 270. The average molecular weight is 165 g/mol. The number of anilines is 1. The molecule has 0 aliphatic carbocycles. The second kappa shape index (κ2) is 2.78. The summed E-state index contributed by atoms with van der Waals surface area (Å²) < 4.78 is 0. The Balaban J connectivity index is 2.50. The van der Waals surface area contributed by atoms with Gasteiger partial charge in [-0.2, -0.15) is 0 Å². The third kappa shape index (κ3) is 1.11. The van der Waals surface area contributed by atoms with Crippen molar-refractivity contribution in [3.8, 4) is 0 Å². The zero-order valence-corrected chi connectivity index (χ0v) is 7.37. The molecule has 0 bridgehead atoms. The number of para-hydroxylation sites is 1. The Kier molecular flexibility index (Phi) is 1.78. The van der Waals surface area contributed by atoms with Crippen molar-refractivity contribution in [2.45, 2.75) is 11.3 Å². The van der Waals surface area contributed by atoms with Gasteiger partial charge in [0.1, 0.15) is 0 Å². The van der Waals surface area contributed by atoms with Crippen molar-refractivity contribution in [1.82, 2.24) is 0 Å². The number of rotatable bonds is 1. The normalized spacial score (nSPS) is 14.3. The Labute approximate surface area is 71.2 Å². The predicted octanol–water partition coefficient (Wildman–Crippen LogP) is 2.38. The summed E-state index contributed by atoms with van der Waals surface area (Å²) in [5.74, 6) is 0. The number of fused-ring (bicyclic) bond motifs is 1. The van der Waals surface area contributed by atoms with Crippen LogP contribution in [0.5, 0.6) is 0 Å². The van der Waals surface area contributed by atoms with Crippen molar-refractivity contribution in [2.24, 2.45) is 0 Å². The van der Waals surface area contributed by atoms with Gasteiger partial charge in [-0.3, -0.25) is 0 Å². The molecule has 0 spiro atoms. The third-order valence-electron chi connectivity index (χ3n) is 2.03. The highest BCUT2D eigenvalue weighted by molar-refractivity contribution is 7.98. The van der Waals surface area contributed by atoms with Crippen LogP contribution in [0.15, 0.2) is 23.1 Å². The van der Waals surface area contributed by atoms with Gasteiger partial charge in [0.05, 0.1) is 5.69 Å². The summed E-state index contributed by atoms with van der Waals surface area (Å²) in [6.07, 6.45) is 3.30. The maximum Gasteiger partial charge on any atom is 0.0511 e. The van der Waals surface area contributed by atoms with Crippen molar-refractivity contribution < 1.29 is 0 Å². The van der Waals surface area contributed by atoms with Gasteiger partial charge in [0, 0.05) is 11.4 Å². The zero-order valence-electron chi connectivity index (χ0n) is 6.55. The number of nitrogens with one attached hydrogen (secondary N) is 1. The molecule has 1 heterocycles. The van der Waals surface area contributed by atoms with Crippen molar-refractivity contribution in [3.63, 3.8) is 0 Å². The molecule has 0 radical (unpaired) electrons. The first kappa shape index (κ1) is 7.04. The molecule has 0 unspecified atom stereocenters. The molecule has 0 atom stereocenters. The van der Waals surface area contributed by atoms with Crippen molar-refractivity contribution in [1.29, 1.82) is 0 Å². The second-order valence-electron chi connectivity index (χ2n) is 2.67. The molecule has 1 aromatic carbocycles. The van der Waals surface area contributed by atoms with Crippen molar-refractivity contribution in [2.75, 3.05) is 18.1 Å². The molecular weight excluding hydrogens is 154 g/mol. The molecule has 0 saturated heterocycles. The minimum Gasteiger partial charge on any atom is -0.384 e. The Morgan fingerprint density at radius 3 is 3.18 bits per heavy atom. The topological polar surface area (TPSA) is 12.0 Å². The first-order valence-corrected chi connectivity index (χ1v) is 5.04. The second-order valence-corrected chi connectivity index (χ2v) is 3.52. The molecule has 1 aromatic rings. The van der Waals surface area contributed by atoms with E-state index < -0.39 is 0 Å². The van der Waals surface area contributed by atoms with E-state index in [-0.39, 0.29) is 0 Å². The molecule has 2 rings (SSSR count). The van der Waals surface area contributed by atoms with Gasteiger partial charge < -0.3 is 5.32 Å². The minimum atomic E-state index is 1.10. The van der Waals surface area contributed by atoms with E-state index in [0.29, 0.717) is 0 Å². The van der Waals surface area contributed by atoms with Crippen LogP contribution >= 0.6 is 11.8 Å². The molecule has 2 heteroatoms. The molecular formula is C9H11NS. The van der Waals surface area contributed by atoms with E-state index in [2.05, 4.69) is 29.8 Å². The van der Waals surface area contributed by atoms with E-state index >= 15 is 0 Å². The largest absolute Gasteiger partial charge is 0.384 e. The van der Waals surface area contributed by atoms with Gasteiger partial charge in [-0.25, -0.2) is 0 Å². The van der Waals surface area contributed by atoms with Crippen LogP contribution < -0.4 is 5.32 Å². The van der Waals surface area contributed by atoms with Crippen LogP contribution in [0, 0.1) is 0 Å². The van der Waals surface area contributed by atoms with E-state index in [1.165, 1.54) is 22.6 Å². The van der Waals surface area contributed by atoms with Gasteiger partial charge in [0.2, 0.25) is 0 Å². The molecule has 1 N–H and O–H groups in total. The summed E-state index contributed by atoms with van der Waals surface area (Å²) in [6, 6.07) is 6.51. The molecule has 58 valence electrons. The Morgan fingerprint density at radius 2 is 2.36 bits per heavy atom. The predicted molar refractivity (Wildman–Crippen MR) is 50.4 cm³/mol. The van der Waals surface area contributed by atoms with Gasteiger partial charge in [0.15, 0.2) is 0 Å². The fourth-order valence-corrected chi connectivity index (χ4v) is 2.10. The monoisotopic (exact) mass is 165 g/mol. The summed E-state index contributed by atoms with van der Waals surface area (Å²) in [5.41, 5.74) is 2.83. The maximum absolute atomic E-state index is 3.40. The molecule has 0 aromatic heterocycles. The highest BCUT2D eigenvalue weighted by Gasteiger charge is 2.11. The quantitative estimate of drug-likeness (QED) is 0.641. The van der Waals surface area contributed by atoms with Crippen LogP contribution in [0.3, 0.4) is 0 Å². The maximum atomic E-state index is 3.40. The van der Waals surface area contributed by atoms with Crippen LogP contribution in [-0.4, -0.2) is 12.8 Å². The van der Waals surface area contributed by atoms with E-state index in [1.807, 2.05) is 11.8 Å². The van der Waals surface area contributed by atoms with Crippen molar-refractivity contribution in [3.05, 3.63) is 23.8 Å². The fourth-order valence-electron chi connectivity index (χ4n) is 1.48. The summed E-state index contributed by atoms with van der Waals surface area (Å²) in [7, 11) is 0. The van der Waals surface area contributed by atoms with Gasteiger partial charge in [-0.05, 0) is 24.3 Å². The van der Waals surface area contributed by atoms with Crippen LogP contribution in [0.25, 0.3) is 0 Å². The lowest BCUT2D eigenvalue weighted by Gasteiger charge is -2.04. The van der Waals surface area contributed by atoms with Gasteiger partial charge in [0.25, 0.3) is 0 Å². The van der Waals surface area contributed by atoms with Crippen LogP contribution in [0.1, 0.15) is 5.56 Å². The molecule has 0 fully saturated rings. The van der Waals surface area contributed by atoms with Crippen LogP contribution in [0.4, 0.5) is 5.69 Å². The smallest absolute Gasteiger partial charge is 0.0511 e. The molecule has 1 aliphatic heterocycles. The summed E-state index contributed by atoms with van der Waals surface area (Å²) in [5, 5.41) is 3.40. The number of thioether (sulfide) groups is 1. The summed E-state index contributed by atoms with van der Waals surface area (Å²) in [6.45, 7) is 1.10. The fraction of sp³-hybridized carbons (Fsp3) is 0.333. The first-order valence-electron chi connectivity index (χ1n) is 3.81. The van der Waals surface area contributed by atoms with Crippen molar-refractivity contribution >= 4 is 17.4 Å². The van der Waals surface area contributed by atoms with E-state index in [0.717, 1.165) is 6.54 Å². The lowest BCUT2D eigenvalue weighted by Crippen LogP contribution is -1.92. The standard InChI is InChI=1S/C9H11NS/c1-11-8-4-2-3-7-5-6-10-9(7)8/h2-4,10H,5-6H2,1H3. The summed E-state index contributed by atoms with van der Waals surface area (Å²) >= 11 is 1.81. The average Bonchev–Trinajstić information content (AvgIpc) is 2.50. The third-order valence-corrected chi connectivity index (χ3v) is 2.81. The van der Waals surface area contributed by atoms with E-state index in [1.54, 1.807) is 0 Å². The highest BCUT2D eigenvalue weighted by atomic mass is 32.2. The molecule has 11 heavy (non-hydrogen) atoms. The first-order chi connectivity index (χ1) is 5.42. The zero-order chi connectivity index (χ0) is 7.68. The van der Waals surface area contributed by atoms with Crippen LogP contribution in [0.2, 0.25) is 0 Å². The molecule has 0 amide bonds. The molecule has 0 saturated carbocycles. The lowest BCUT2D eigenvalue weighted by atomic mass is 10.2.